The van der Waals surface area contributed by atoms with Gasteiger partial charge in [0.2, 0.25) is 5.91 Å². The number of benzene rings is 1. The number of para-hydroxylation sites is 1. The summed E-state index contributed by atoms with van der Waals surface area (Å²) in [4.78, 5) is 14.0. The van der Waals surface area contributed by atoms with Crippen LogP contribution in [0.5, 0.6) is 0 Å². The number of carbonyl (C=O) groups is 1. The van der Waals surface area contributed by atoms with Gasteiger partial charge < -0.3 is 10.6 Å². The molecule has 0 aromatic heterocycles. The van der Waals surface area contributed by atoms with E-state index < -0.39 is 0 Å². The minimum Gasteiger partial charge on any atom is -0.398 e. The minimum absolute atomic E-state index is 0.155. The Kier molecular flexibility index (Phi) is 4.98. The van der Waals surface area contributed by atoms with E-state index in [1.165, 1.54) is 0 Å². The molecule has 0 saturated heterocycles. The summed E-state index contributed by atoms with van der Waals surface area (Å²) >= 11 is 0. The first-order valence-electron chi connectivity index (χ1n) is 6.79. The highest BCUT2D eigenvalue weighted by atomic mass is 16.2. The molecule has 0 radical (unpaired) electrons. The monoisotopic (exact) mass is 262 g/mol. The van der Waals surface area contributed by atoms with Gasteiger partial charge in [-0.25, -0.2) is 0 Å². The van der Waals surface area contributed by atoms with Gasteiger partial charge in [-0.15, -0.1) is 0 Å². The fourth-order valence-electron chi connectivity index (χ4n) is 1.75. The van der Waals surface area contributed by atoms with E-state index in [9.17, 15) is 4.79 Å². The van der Waals surface area contributed by atoms with Gasteiger partial charge in [0.25, 0.3) is 0 Å². The molecule has 0 aliphatic carbocycles. The Morgan fingerprint density at radius 2 is 1.89 bits per heavy atom. The average molecular weight is 262 g/mol. The third kappa shape index (κ3) is 4.58. The first-order chi connectivity index (χ1) is 8.71. The zero-order valence-electron chi connectivity index (χ0n) is 12.7. The normalized spacial score (nSPS) is 13.1. The summed E-state index contributed by atoms with van der Waals surface area (Å²) < 4.78 is 0. The third-order valence-electron chi connectivity index (χ3n) is 3.85. The van der Waals surface area contributed by atoms with Crippen molar-refractivity contribution in [3.63, 3.8) is 0 Å². The Hall–Kier alpha value is -1.51. The van der Waals surface area contributed by atoms with Crippen molar-refractivity contribution in [2.45, 2.75) is 40.7 Å². The van der Waals surface area contributed by atoms with Crippen LogP contribution in [0.4, 0.5) is 5.69 Å². The number of nitrogens with two attached hydrogens (primary N) is 1. The SMILES string of the molecule is CC(CC(=O)N(C)Cc1ccccc1N)C(C)(C)C. The highest BCUT2D eigenvalue weighted by Gasteiger charge is 2.24. The van der Waals surface area contributed by atoms with Gasteiger partial charge in [-0.05, 0) is 23.0 Å². The minimum atomic E-state index is 0.155. The molecule has 0 bridgehead atoms. The van der Waals surface area contributed by atoms with Crippen molar-refractivity contribution < 1.29 is 4.79 Å². The number of nitrogens with zero attached hydrogens (tertiary/aromatic N) is 1. The molecule has 1 amide bonds. The Labute approximate surface area is 116 Å². The van der Waals surface area contributed by atoms with Crippen molar-refractivity contribution in [2.24, 2.45) is 11.3 Å². The number of anilines is 1. The summed E-state index contributed by atoms with van der Waals surface area (Å²) in [6.07, 6.45) is 0.576. The molecule has 2 N–H and O–H groups in total. The van der Waals surface area contributed by atoms with Gasteiger partial charge in [-0.2, -0.15) is 0 Å². The topological polar surface area (TPSA) is 46.3 Å². The van der Waals surface area contributed by atoms with Crippen molar-refractivity contribution >= 4 is 11.6 Å². The lowest BCUT2D eigenvalue weighted by molar-refractivity contribution is -0.132. The van der Waals surface area contributed by atoms with Crippen LogP contribution >= 0.6 is 0 Å². The quantitative estimate of drug-likeness (QED) is 0.846. The Bertz CT molecular complexity index is 435. The van der Waals surface area contributed by atoms with Gasteiger partial charge in [0.05, 0.1) is 0 Å². The molecule has 0 aliphatic heterocycles. The van der Waals surface area contributed by atoms with Crippen molar-refractivity contribution in [1.29, 1.82) is 0 Å². The van der Waals surface area contributed by atoms with Crippen molar-refractivity contribution in [3.05, 3.63) is 29.8 Å². The predicted molar refractivity (Wildman–Crippen MR) is 80.6 cm³/mol. The number of hydrogen-bond acceptors (Lipinski definition) is 2. The number of rotatable bonds is 4. The second-order valence-electron chi connectivity index (χ2n) is 6.42. The fourth-order valence-corrected chi connectivity index (χ4v) is 1.75. The Morgan fingerprint density at radius 3 is 2.42 bits per heavy atom. The molecular formula is C16H26N2O. The zero-order valence-corrected chi connectivity index (χ0v) is 12.7. The second-order valence-corrected chi connectivity index (χ2v) is 6.42. The fraction of sp³-hybridized carbons (Fsp3) is 0.562. The first kappa shape index (κ1) is 15.5. The maximum absolute atomic E-state index is 12.2. The molecule has 0 fully saturated rings. The molecular weight excluding hydrogens is 236 g/mol. The van der Waals surface area contributed by atoms with E-state index in [1.807, 2.05) is 31.3 Å². The molecule has 1 atom stereocenters. The first-order valence-corrected chi connectivity index (χ1v) is 6.79. The summed E-state index contributed by atoms with van der Waals surface area (Å²) in [5.41, 5.74) is 7.80. The molecule has 1 unspecified atom stereocenters. The van der Waals surface area contributed by atoms with Crippen molar-refractivity contribution in [3.8, 4) is 0 Å². The Morgan fingerprint density at radius 1 is 1.32 bits per heavy atom. The summed E-state index contributed by atoms with van der Waals surface area (Å²) in [6, 6.07) is 7.68. The molecule has 0 aliphatic rings. The average Bonchev–Trinajstić information content (AvgIpc) is 2.30. The van der Waals surface area contributed by atoms with E-state index in [4.69, 9.17) is 5.73 Å². The molecule has 1 aromatic rings. The van der Waals surface area contributed by atoms with E-state index in [-0.39, 0.29) is 11.3 Å². The van der Waals surface area contributed by atoms with Crippen LogP contribution in [0.2, 0.25) is 0 Å². The molecule has 19 heavy (non-hydrogen) atoms. The standard InChI is InChI=1S/C16H26N2O/c1-12(16(2,3)4)10-15(19)18(5)11-13-8-6-7-9-14(13)17/h6-9,12H,10-11,17H2,1-5H3. The van der Waals surface area contributed by atoms with Gasteiger partial charge >= 0.3 is 0 Å². The van der Waals surface area contributed by atoms with Gasteiger partial charge in [-0.3, -0.25) is 4.79 Å². The van der Waals surface area contributed by atoms with E-state index in [0.29, 0.717) is 18.9 Å². The Balaban J connectivity index is 2.61. The summed E-state index contributed by atoms with van der Waals surface area (Å²) in [5.74, 6) is 0.529. The summed E-state index contributed by atoms with van der Waals surface area (Å²) in [6.45, 7) is 9.20. The largest absolute Gasteiger partial charge is 0.398 e. The molecule has 0 spiro atoms. The zero-order chi connectivity index (χ0) is 14.6. The highest BCUT2D eigenvalue weighted by Crippen LogP contribution is 2.28. The van der Waals surface area contributed by atoms with Crippen LogP contribution in [0.1, 0.15) is 39.7 Å². The van der Waals surface area contributed by atoms with E-state index in [0.717, 1.165) is 11.3 Å². The molecule has 3 heteroatoms. The summed E-state index contributed by atoms with van der Waals surface area (Å²) in [7, 11) is 1.84. The number of carbonyl (C=O) groups excluding carboxylic acids is 1. The second kappa shape index (κ2) is 6.09. The molecule has 0 saturated carbocycles. The van der Waals surface area contributed by atoms with E-state index in [2.05, 4.69) is 27.7 Å². The molecule has 1 aromatic carbocycles. The lowest BCUT2D eigenvalue weighted by Gasteiger charge is -2.28. The van der Waals surface area contributed by atoms with Gasteiger partial charge in [0.15, 0.2) is 0 Å². The smallest absolute Gasteiger partial charge is 0.222 e. The summed E-state index contributed by atoms with van der Waals surface area (Å²) in [5, 5.41) is 0. The predicted octanol–water partition coefficient (Wildman–Crippen LogP) is 3.30. The lowest BCUT2D eigenvalue weighted by Crippen LogP contribution is -2.31. The molecule has 1 rings (SSSR count). The van der Waals surface area contributed by atoms with Crippen LogP contribution in [0.25, 0.3) is 0 Å². The number of hydrogen-bond donors (Lipinski definition) is 1. The van der Waals surface area contributed by atoms with Crippen LogP contribution in [0.3, 0.4) is 0 Å². The van der Waals surface area contributed by atoms with Crippen LogP contribution in [-0.2, 0) is 11.3 Å². The lowest BCUT2D eigenvalue weighted by atomic mass is 9.80. The van der Waals surface area contributed by atoms with Gasteiger partial charge in [0, 0.05) is 25.7 Å². The molecule has 3 nitrogen and oxygen atoms in total. The maximum atomic E-state index is 12.2. The van der Waals surface area contributed by atoms with Crippen molar-refractivity contribution in [1.82, 2.24) is 4.90 Å². The van der Waals surface area contributed by atoms with Crippen LogP contribution in [0, 0.1) is 11.3 Å². The third-order valence-corrected chi connectivity index (χ3v) is 3.85. The van der Waals surface area contributed by atoms with Crippen LogP contribution in [0.15, 0.2) is 24.3 Å². The van der Waals surface area contributed by atoms with E-state index in [1.54, 1.807) is 4.90 Å². The van der Waals surface area contributed by atoms with Crippen LogP contribution < -0.4 is 5.73 Å². The van der Waals surface area contributed by atoms with Gasteiger partial charge in [-0.1, -0.05) is 45.9 Å². The van der Waals surface area contributed by atoms with Crippen molar-refractivity contribution in [2.75, 3.05) is 12.8 Å². The number of nitrogen functional groups attached to an aromatic ring is 1. The molecule has 0 heterocycles. The van der Waals surface area contributed by atoms with Gasteiger partial charge in [0.1, 0.15) is 0 Å². The highest BCUT2D eigenvalue weighted by molar-refractivity contribution is 5.76. The number of amides is 1. The molecule has 106 valence electrons. The maximum Gasteiger partial charge on any atom is 0.222 e. The van der Waals surface area contributed by atoms with E-state index >= 15 is 0 Å². The van der Waals surface area contributed by atoms with Crippen LogP contribution in [-0.4, -0.2) is 17.9 Å².